The predicted octanol–water partition coefficient (Wildman–Crippen LogP) is 2.58. The molecule has 0 saturated heterocycles. The number of ketones is 2. The number of benzene rings is 1. The number of carbonyl (C=O) groups is 2. The fraction of sp³-hybridized carbons (Fsp3) is 0.385. The van der Waals surface area contributed by atoms with E-state index in [0.717, 1.165) is 5.56 Å². The molecule has 2 nitrogen and oxygen atoms in total. The Morgan fingerprint density at radius 2 is 1.47 bits per heavy atom. The largest absolute Gasteiger partial charge is 0.299 e. The van der Waals surface area contributed by atoms with Gasteiger partial charge in [0.05, 0.1) is 5.92 Å². The van der Waals surface area contributed by atoms with Gasteiger partial charge in [-0.05, 0) is 25.3 Å². The molecule has 0 bridgehead atoms. The van der Waals surface area contributed by atoms with E-state index in [2.05, 4.69) is 0 Å². The van der Waals surface area contributed by atoms with Crippen LogP contribution in [0.4, 0.5) is 0 Å². The van der Waals surface area contributed by atoms with Crippen LogP contribution in [0.15, 0.2) is 30.3 Å². The first kappa shape index (κ1) is 11.6. The van der Waals surface area contributed by atoms with Crippen molar-refractivity contribution in [3.05, 3.63) is 35.9 Å². The molecule has 1 atom stereocenters. The molecule has 0 aliphatic rings. The van der Waals surface area contributed by atoms with Crippen LogP contribution in [0.2, 0.25) is 0 Å². The van der Waals surface area contributed by atoms with E-state index in [9.17, 15) is 9.59 Å². The van der Waals surface area contributed by atoms with Crippen molar-refractivity contribution in [3.63, 3.8) is 0 Å². The Morgan fingerprint density at radius 1 is 1.00 bits per heavy atom. The number of carbonyl (C=O) groups excluding carboxylic acids is 2. The van der Waals surface area contributed by atoms with Gasteiger partial charge in [-0.25, -0.2) is 0 Å². The summed E-state index contributed by atoms with van der Waals surface area (Å²) in [6, 6.07) is 9.66. The summed E-state index contributed by atoms with van der Waals surface area (Å²) >= 11 is 0. The first-order valence-electron chi connectivity index (χ1n) is 5.10. The quantitative estimate of drug-likeness (QED) is 0.706. The molecule has 0 heterocycles. The van der Waals surface area contributed by atoms with Crippen molar-refractivity contribution in [2.24, 2.45) is 5.92 Å². The van der Waals surface area contributed by atoms with E-state index in [-0.39, 0.29) is 17.5 Å². The Labute approximate surface area is 90.3 Å². The summed E-state index contributed by atoms with van der Waals surface area (Å²) in [5.41, 5.74) is 1.04. The second-order valence-corrected chi connectivity index (χ2v) is 3.90. The summed E-state index contributed by atoms with van der Waals surface area (Å²) in [6.07, 6.45) is 0. The van der Waals surface area contributed by atoms with Gasteiger partial charge in [0.25, 0.3) is 0 Å². The third-order valence-electron chi connectivity index (χ3n) is 2.70. The fourth-order valence-electron chi connectivity index (χ4n) is 1.94. The second kappa shape index (κ2) is 4.87. The van der Waals surface area contributed by atoms with Crippen LogP contribution in [0.3, 0.4) is 0 Å². The standard InChI is InChI=1S/C13H16O2/c1-9(12-7-5-4-6-8-12)13(10(2)14)11(3)15/h4-9,13H,1-3H3/t9-/m0/s1. The van der Waals surface area contributed by atoms with E-state index in [4.69, 9.17) is 0 Å². The van der Waals surface area contributed by atoms with Gasteiger partial charge in [-0.15, -0.1) is 0 Å². The lowest BCUT2D eigenvalue weighted by atomic mass is 9.83. The fourth-order valence-corrected chi connectivity index (χ4v) is 1.94. The molecule has 0 fully saturated rings. The Balaban J connectivity index is 2.96. The van der Waals surface area contributed by atoms with Crippen LogP contribution in [0.5, 0.6) is 0 Å². The van der Waals surface area contributed by atoms with Gasteiger partial charge in [-0.2, -0.15) is 0 Å². The zero-order valence-corrected chi connectivity index (χ0v) is 9.36. The van der Waals surface area contributed by atoms with Crippen molar-refractivity contribution >= 4 is 11.6 Å². The molecule has 0 amide bonds. The molecule has 1 aromatic rings. The summed E-state index contributed by atoms with van der Waals surface area (Å²) in [6.45, 7) is 4.87. The predicted molar refractivity (Wildman–Crippen MR) is 59.7 cm³/mol. The topological polar surface area (TPSA) is 34.1 Å². The third-order valence-corrected chi connectivity index (χ3v) is 2.70. The van der Waals surface area contributed by atoms with Crippen LogP contribution in [-0.4, -0.2) is 11.6 Å². The number of hydrogen-bond acceptors (Lipinski definition) is 2. The highest BCUT2D eigenvalue weighted by atomic mass is 16.1. The molecule has 2 heteroatoms. The summed E-state index contributed by atoms with van der Waals surface area (Å²) < 4.78 is 0. The third kappa shape index (κ3) is 2.75. The molecule has 0 aliphatic carbocycles. The van der Waals surface area contributed by atoms with Crippen molar-refractivity contribution in [2.45, 2.75) is 26.7 Å². The lowest BCUT2D eigenvalue weighted by Crippen LogP contribution is -2.25. The van der Waals surface area contributed by atoms with Crippen molar-refractivity contribution in [1.29, 1.82) is 0 Å². The molecule has 1 rings (SSSR count). The van der Waals surface area contributed by atoms with E-state index in [1.54, 1.807) is 0 Å². The summed E-state index contributed by atoms with van der Waals surface area (Å²) in [4.78, 5) is 22.8. The van der Waals surface area contributed by atoms with Crippen molar-refractivity contribution in [3.8, 4) is 0 Å². The number of rotatable bonds is 4. The van der Waals surface area contributed by atoms with E-state index in [0.29, 0.717) is 0 Å². The zero-order valence-electron chi connectivity index (χ0n) is 9.36. The highest BCUT2D eigenvalue weighted by Gasteiger charge is 2.27. The molecule has 0 spiro atoms. The Kier molecular flexibility index (Phi) is 3.78. The SMILES string of the molecule is CC(=O)C(C(C)=O)[C@@H](C)c1ccccc1. The maximum Gasteiger partial charge on any atom is 0.140 e. The van der Waals surface area contributed by atoms with Crippen LogP contribution >= 0.6 is 0 Å². The Morgan fingerprint density at radius 3 is 1.87 bits per heavy atom. The lowest BCUT2D eigenvalue weighted by Gasteiger charge is -2.19. The van der Waals surface area contributed by atoms with Crippen LogP contribution in [0, 0.1) is 5.92 Å². The highest BCUT2D eigenvalue weighted by Crippen LogP contribution is 2.25. The molecule has 1 aromatic carbocycles. The minimum Gasteiger partial charge on any atom is -0.299 e. The molecule has 0 unspecified atom stereocenters. The van der Waals surface area contributed by atoms with E-state index in [1.165, 1.54) is 13.8 Å². The molecule has 15 heavy (non-hydrogen) atoms. The average molecular weight is 204 g/mol. The molecule has 80 valence electrons. The minimum atomic E-state index is -0.507. The van der Waals surface area contributed by atoms with Crippen molar-refractivity contribution in [1.82, 2.24) is 0 Å². The van der Waals surface area contributed by atoms with Gasteiger partial charge in [0.15, 0.2) is 0 Å². The van der Waals surface area contributed by atoms with Crippen LogP contribution in [-0.2, 0) is 9.59 Å². The summed E-state index contributed by atoms with van der Waals surface area (Å²) in [5, 5.41) is 0. The lowest BCUT2D eigenvalue weighted by molar-refractivity contribution is -0.131. The van der Waals surface area contributed by atoms with Gasteiger partial charge in [0.1, 0.15) is 11.6 Å². The minimum absolute atomic E-state index is 0.0406. The van der Waals surface area contributed by atoms with E-state index in [1.807, 2.05) is 37.3 Å². The Hall–Kier alpha value is -1.44. The normalized spacial score (nSPS) is 12.5. The number of hydrogen-bond donors (Lipinski definition) is 0. The van der Waals surface area contributed by atoms with Gasteiger partial charge in [0.2, 0.25) is 0 Å². The van der Waals surface area contributed by atoms with Crippen LogP contribution in [0.1, 0.15) is 32.3 Å². The second-order valence-electron chi connectivity index (χ2n) is 3.90. The monoisotopic (exact) mass is 204 g/mol. The summed E-state index contributed by atoms with van der Waals surface area (Å²) in [7, 11) is 0. The van der Waals surface area contributed by atoms with Gasteiger partial charge in [-0.3, -0.25) is 9.59 Å². The Bertz CT molecular complexity index is 340. The molecular formula is C13H16O2. The van der Waals surface area contributed by atoms with Gasteiger partial charge in [0, 0.05) is 0 Å². The smallest absolute Gasteiger partial charge is 0.140 e. The molecule has 0 aromatic heterocycles. The van der Waals surface area contributed by atoms with Gasteiger partial charge >= 0.3 is 0 Å². The number of Topliss-reactive ketones (excluding diaryl/α,β-unsaturated/α-hetero) is 2. The molecule has 0 radical (unpaired) electrons. The average Bonchev–Trinajstić information content (AvgIpc) is 2.18. The summed E-state index contributed by atoms with van der Waals surface area (Å²) in [5.74, 6) is -0.661. The van der Waals surface area contributed by atoms with Crippen LogP contribution < -0.4 is 0 Å². The molecule has 0 aliphatic heterocycles. The highest BCUT2D eigenvalue weighted by molar-refractivity contribution is 6.01. The first-order valence-corrected chi connectivity index (χ1v) is 5.10. The van der Waals surface area contributed by atoms with Crippen molar-refractivity contribution in [2.75, 3.05) is 0 Å². The molecular weight excluding hydrogens is 188 g/mol. The van der Waals surface area contributed by atoms with Crippen LogP contribution in [0.25, 0.3) is 0 Å². The molecule has 0 saturated carbocycles. The van der Waals surface area contributed by atoms with Gasteiger partial charge < -0.3 is 0 Å². The molecule has 0 N–H and O–H groups in total. The van der Waals surface area contributed by atoms with Crippen molar-refractivity contribution < 1.29 is 9.59 Å². The maximum absolute atomic E-state index is 11.4. The van der Waals surface area contributed by atoms with Gasteiger partial charge in [-0.1, -0.05) is 37.3 Å². The maximum atomic E-state index is 11.4. The van der Waals surface area contributed by atoms with E-state index >= 15 is 0 Å². The van der Waals surface area contributed by atoms with E-state index < -0.39 is 5.92 Å². The zero-order chi connectivity index (χ0) is 11.4. The first-order chi connectivity index (χ1) is 7.04.